The van der Waals surface area contributed by atoms with Gasteiger partial charge in [-0.1, -0.05) is 23.7 Å². The number of nitrogens with zero attached hydrogens (tertiary/aromatic N) is 2. The SMILES string of the molecule is CCN1C(=O)C(=Cc2ccc(OC)cc2)SC1=NS(=O)(=O)c1ccc(Cl)s1. The zero-order chi connectivity index (χ0) is 19.6. The van der Waals surface area contributed by atoms with Crippen LogP contribution < -0.4 is 4.74 Å². The zero-order valence-electron chi connectivity index (χ0n) is 14.4. The molecule has 0 atom stereocenters. The predicted molar refractivity (Wildman–Crippen MR) is 110 cm³/mol. The number of amides is 1. The van der Waals surface area contributed by atoms with Crippen LogP contribution in [0.2, 0.25) is 4.34 Å². The van der Waals surface area contributed by atoms with Crippen LogP contribution in [0.25, 0.3) is 6.08 Å². The Morgan fingerprint density at radius 1 is 1.22 bits per heavy atom. The van der Waals surface area contributed by atoms with Gasteiger partial charge < -0.3 is 4.74 Å². The number of carbonyl (C=O) groups is 1. The molecule has 1 fully saturated rings. The average molecular weight is 443 g/mol. The lowest BCUT2D eigenvalue weighted by Crippen LogP contribution is -2.29. The predicted octanol–water partition coefficient (Wildman–Crippen LogP) is 4.09. The second-order valence-electron chi connectivity index (χ2n) is 5.34. The smallest absolute Gasteiger partial charge is 0.294 e. The van der Waals surface area contributed by atoms with Crippen molar-refractivity contribution in [2.75, 3.05) is 13.7 Å². The minimum atomic E-state index is -3.93. The van der Waals surface area contributed by atoms with Crippen molar-refractivity contribution < 1.29 is 17.9 Å². The molecule has 0 radical (unpaired) electrons. The summed E-state index contributed by atoms with van der Waals surface area (Å²) in [5.41, 5.74) is 0.803. The summed E-state index contributed by atoms with van der Waals surface area (Å²) in [6, 6.07) is 10.1. The number of sulfonamides is 1. The van der Waals surface area contributed by atoms with Crippen LogP contribution in [0.4, 0.5) is 0 Å². The second-order valence-corrected chi connectivity index (χ2v) is 9.90. The molecule has 1 aromatic carbocycles. The molecule has 0 spiro atoms. The molecule has 2 heterocycles. The summed E-state index contributed by atoms with van der Waals surface area (Å²) in [6.45, 7) is 2.07. The number of methoxy groups -OCH3 is 1. The molecule has 1 aromatic heterocycles. The molecule has 1 aliphatic heterocycles. The molecule has 3 rings (SSSR count). The highest BCUT2D eigenvalue weighted by atomic mass is 35.5. The van der Waals surface area contributed by atoms with E-state index in [4.69, 9.17) is 16.3 Å². The number of hydrogen-bond donors (Lipinski definition) is 0. The lowest BCUT2D eigenvalue weighted by atomic mass is 10.2. The molecule has 0 aliphatic carbocycles. The Morgan fingerprint density at radius 3 is 2.48 bits per heavy atom. The quantitative estimate of drug-likeness (QED) is 0.652. The number of halogens is 1. The van der Waals surface area contributed by atoms with Gasteiger partial charge in [-0.05, 0) is 54.6 Å². The van der Waals surface area contributed by atoms with Crippen molar-refractivity contribution in [1.29, 1.82) is 0 Å². The van der Waals surface area contributed by atoms with E-state index >= 15 is 0 Å². The van der Waals surface area contributed by atoms with Gasteiger partial charge in [0.1, 0.15) is 9.96 Å². The minimum Gasteiger partial charge on any atom is -0.497 e. The van der Waals surface area contributed by atoms with E-state index in [1.54, 1.807) is 32.2 Å². The van der Waals surface area contributed by atoms with Crippen LogP contribution in [-0.4, -0.2) is 38.0 Å². The highest BCUT2D eigenvalue weighted by molar-refractivity contribution is 8.19. The first-order valence-corrected chi connectivity index (χ1v) is 11.2. The van der Waals surface area contributed by atoms with Gasteiger partial charge in [-0.3, -0.25) is 9.69 Å². The summed E-state index contributed by atoms with van der Waals surface area (Å²) in [5.74, 6) is 0.428. The number of hydrogen-bond acceptors (Lipinski definition) is 6. The Balaban J connectivity index is 1.93. The van der Waals surface area contributed by atoms with E-state index in [9.17, 15) is 13.2 Å². The maximum absolute atomic E-state index is 12.6. The first-order chi connectivity index (χ1) is 12.8. The number of benzene rings is 1. The Kier molecular flexibility index (Phi) is 5.95. The molecule has 1 saturated heterocycles. The van der Waals surface area contributed by atoms with Gasteiger partial charge in [0.15, 0.2) is 5.17 Å². The van der Waals surface area contributed by atoms with Crippen molar-refractivity contribution in [2.45, 2.75) is 11.1 Å². The van der Waals surface area contributed by atoms with Gasteiger partial charge >= 0.3 is 0 Å². The second kappa shape index (κ2) is 8.05. The topological polar surface area (TPSA) is 76.0 Å². The Bertz CT molecular complexity index is 1030. The average Bonchev–Trinajstić information content (AvgIpc) is 3.20. The molecule has 0 saturated carbocycles. The fourth-order valence-electron chi connectivity index (χ4n) is 2.29. The third-order valence-electron chi connectivity index (χ3n) is 3.62. The van der Waals surface area contributed by atoms with E-state index in [0.717, 1.165) is 28.7 Å². The van der Waals surface area contributed by atoms with Crippen molar-refractivity contribution in [2.24, 2.45) is 4.40 Å². The Labute approximate surface area is 170 Å². The highest BCUT2D eigenvalue weighted by Crippen LogP contribution is 2.35. The molecule has 27 heavy (non-hydrogen) atoms. The number of amidine groups is 1. The van der Waals surface area contributed by atoms with Gasteiger partial charge in [-0.15, -0.1) is 15.7 Å². The highest BCUT2D eigenvalue weighted by Gasteiger charge is 2.34. The van der Waals surface area contributed by atoms with E-state index < -0.39 is 10.0 Å². The van der Waals surface area contributed by atoms with Crippen LogP contribution in [0.15, 0.2) is 49.9 Å². The molecule has 0 unspecified atom stereocenters. The number of thiophene rings is 1. The lowest BCUT2D eigenvalue weighted by Gasteiger charge is -2.11. The maximum Gasteiger partial charge on any atom is 0.294 e. The van der Waals surface area contributed by atoms with Crippen LogP contribution >= 0.6 is 34.7 Å². The van der Waals surface area contributed by atoms with Crippen LogP contribution in [0.1, 0.15) is 12.5 Å². The zero-order valence-corrected chi connectivity index (χ0v) is 17.6. The third-order valence-corrected chi connectivity index (χ3v) is 7.71. The van der Waals surface area contributed by atoms with Gasteiger partial charge in [0.05, 0.1) is 16.4 Å². The largest absolute Gasteiger partial charge is 0.497 e. The van der Waals surface area contributed by atoms with E-state index in [2.05, 4.69) is 4.40 Å². The summed E-state index contributed by atoms with van der Waals surface area (Å²) in [6.07, 6.45) is 1.70. The summed E-state index contributed by atoms with van der Waals surface area (Å²) in [4.78, 5) is 14.4. The van der Waals surface area contributed by atoms with Crippen LogP contribution in [-0.2, 0) is 14.8 Å². The fraction of sp³-hybridized carbons (Fsp3) is 0.176. The third kappa shape index (κ3) is 4.37. The van der Waals surface area contributed by atoms with Crippen LogP contribution in [0, 0.1) is 0 Å². The number of rotatable bonds is 5. The normalized spacial score (nSPS) is 17.9. The molecule has 1 aliphatic rings. The van der Waals surface area contributed by atoms with E-state index in [-0.39, 0.29) is 15.3 Å². The molecular formula is C17H15ClN2O4S3. The summed E-state index contributed by atoms with van der Waals surface area (Å²) < 4.78 is 34.3. The molecule has 142 valence electrons. The monoisotopic (exact) mass is 442 g/mol. The van der Waals surface area contributed by atoms with Crippen molar-refractivity contribution in [3.05, 3.63) is 51.2 Å². The van der Waals surface area contributed by atoms with Crippen molar-refractivity contribution >= 4 is 61.9 Å². The Morgan fingerprint density at radius 2 is 1.93 bits per heavy atom. The van der Waals surface area contributed by atoms with Gasteiger partial charge in [0, 0.05) is 6.54 Å². The first-order valence-electron chi connectivity index (χ1n) is 7.80. The number of likely N-dealkylation sites (N-methyl/N-ethyl adjacent to an activating group) is 1. The number of ether oxygens (including phenoxy) is 1. The molecule has 1 amide bonds. The van der Waals surface area contributed by atoms with Gasteiger partial charge in [0.2, 0.25) is 0 Å². The Hall–Kier alpha value is -1.81. The van der Waals surface area contributed by atoms with Crippen molar-refractivity contribution in [3.63, 3.8) is 0 Å². The molecule has 0 N–H and O–H groups in total. The van der Waals surface area contributed by atoms with Crippen LogP contribution in [0.3, 0.4) is 0 Å². The first kappa shape index (κ1) is 19.9. The van der Waals surface area contributed by atoms with E-state index in [1.807, 2.05) is 12.1 Å². The van der Waals surface area contributed by atoms with Gasteiger partial charge in [-0.25, -0.2) is 0 Å². The van der Waals surface area contributed by atoms with Gasteiger partial charge in [0.25, 0.3) is 15.9 Å². The molecule has 10 heteroatoms. The summed E-state index contributed by atoms with van der Waals surface area (Å²) in [5, 5.41) is 0.131. The maximum atomic E-state index is 12.6. The molecule has 2 aromatic rings. The van der Waals surface area contributed by atoms with Crippen molar-refractivity contribution in [1.82, 2.24) is 4.90 Å². The van der Waals surface area contributed by atoms with E-state index in [1.165, 1.54) is 17.0 Å². The molecule has 0 bridgehead atoms. The minimum absolute atomic E-state index is 0.0386. The molecule has 6 nitrogen and oxygen atoms in total. The van der Waals surface area contributed by atoms with E-state index in [0.29, 0.717) is 21.5 Å². The lowest BCUT2D eigenvalue weighted by molar-refractivity contribution is -0.122. The summed E-state index contributed by atoms with van der Waals surface area (Å²) >= 11 is 7.77. The number of carbonyl (C=O) groups excluding carboxylic acids is 1. The summed E-state index contributed by atoms with van der Waals surface area (Å²) in [7, 11) is -2.35. The van der Waals surface area contributed by atoms with Gasteiger partial charge in [-0.2, -0.15) is 8.42 Å². The fourth-order valence-corrected chi connectivity index (χ4v) is 6.00. The van der Waals surface area contributed by atoms with Crippen molar-refractivity contribution in [3.8, 4) is 5.75 Å². The standard InChI is InChI=1S/C17H15ClN2O4S3/c1-3-20-16(21)13(10-11-4-6-12(24-2)7-5-11)25-17(20)19-27(22,23)15-9-8-14(18)26-15/h4-10H,3H2,1-2H3. The number of thioether (sulfide) groups is 1. The van der Waals surface area contributed by atoms with Crippen LogP contribution in [0.5, 0.6) is 5.75 Å². The molecular weight excluding hydrogens is 428 g/mol.